The molecule has 0 bridgehead atoms. The fourth-order valence-corrected chi connectivity index (χ4v) is 25.3. The first kappa shape index (κ1) is 28.5. The third-order valence-corrected chi connectivity index (χ3v) is 29.8. The fraction of sp³-hybridized carbons (Fsp3) is 0.923. The van der Waals surface area contributed by atoms with Gasteiger partial charge in [-0.05, 0) is 0 Å². The van der Waals surface area contributed by atoms with Gasteiger partial charge in [-0.2, -0.15) is 0 Å². The molecule has 0 aliphatic heterocycles. The Morgan fingerprint density at radius 2 is 1.43 bits per heavy atom. The Bertz CT molecular complexity index is 500. The van der Waals surface area contributed by atoms with Crippen LogP contribution in [0.5, 0.6) is 0 Å². The molecule has 30 heavy (non-hydrogen) atoms. The van der Waals surface area contributed by atoms with Gasteiger partial charge in [-0.3, -0.25) is 0 Å². The molecule has 4 heteroatoms. The van der Waals surface area contributed by atoms with Gasteiger partial charge in [0.1, 0.15) is 0 Å². The molecule has 1 rings (SSSR count). The van der Waals surface area contributed by atoms with Crippen molar-refractivity contribution < 1.29 is 9.53 Å². The van der Waals surface area contributed by atoms with Crippen LogP contribution in [0.1, 0.15) is 106 Å². The SMILES string of the molecule is CCC[CH2][Sn]([CH2]CCC)([CH2]CCC)[CH]1CCCCC(CO)=C1O[Si](C)(C)C(C)(C)C. The Kier molecular flexibility index (Phi) is 12.6. The van der Waals surface area contributed by atoms with Gasteiger partial charge in [0, 0.05) is 0 Å². The normalized spacial score (nSPS) is 19.2. The van der Waals surface area contributed by atoms with Crippen molar-refractivity contribution in [3.63, 3.8) is 0 Å². The van der Waals surface area contributed by atoms with Crippen molar-refractivity contribution in [3.05, 3.63) is 11.3 Å². The van der Waals surface area contributed by atoms with Gasteiger partial charge in [0.15, 0.2) is 0 Å². The Morgan fingerprint density at radius 3 is 1.83 bits per heavy atom. The van der Waals surface area contributed by atoms with Crippen LogP contribution in [0.4, 0.5) is 0 Å². The molecule has 0 radical (unpaired) electrons. The minimum atomic E-state index is -2.50. The van der Waals surface area contributed by atoms with E-state index >= 15 is 0 Å². The van der Waals surface area contributed by atoms with Crippen LogP contribution in [0.15, 0.2) is 11.3 Å². The summed E-state index contributed by atoms with van der Waals surface area (Å²) in [6, 6.07) is 0. The third kappa shape index (κ3) is 7.83. The number of rotatable bonds is 13. The van der Waals surface area contributed by atoms with Crippen molar-refractivity contribution in [3.8, 4) is 0 Å². The van der Waals surface area contributed by atoms with Crippen LogP contribution in [-0.4, -0.2) is 38.4 Å². The standard InChI is InChI=1S/C14H27O2Si.3C4H9.Sn/c1-14(2,3)17(4,5)16-13-10-8-6-7-9-12(13)11-15;3*1-3-4-2;/h10,15H,6-9,11H2,1-5H3;3*1,3-4H2,2H3;. The van der Waals surface area contributed by atoms with Gasteiger partial charge in [-0.25, -0.2) is 0 Å². The average molecular weight is 546 g/mol. The van der Waals surface area contributed by atoms with E-state index in [0.717, 1.165) is 6.42 Å². The molecule has 1 atom stereocenters. The van der Waals surface area contributed by atoms with Gasteiger partial charge in [0.2, 0.25) is 0 Å². The van der Waals surface area contributed by atoms with E-state index in [1.165, 1.54) is 82.4 Å². The van der Waals surface area contributed by atoms with E-state index < -0.39 is 26.7 Å². The zero-order chi connectivity index (χ0) is 22.8. The fourth-order valence-electron chi connectivity index (χ4n) is 4.98. The monoisotopic (exact) mass is 546 g/mol. The van der Waals surface area contributed by atoms with Crippen LogP contribution in [0.25, 0.3) is 0 Å². The zero-order valence-electron chi connectivity index (χ0n) is 21.8. The molecule has 0 fully saturated rings. The summed E-state index contributed by atoms with van der Waals surface area (Å²) in [4.78, 5) is 0. The van der Waals surface area contributed by atoms with Gasteiger partial charge < -0.3 is 0 Å². The van der Waals surface area contributed by atoms with Gasteiger partial charge in [0.05, 0.1) is 0 Å². The van der Waals surface area contributed by atoms with E-state index in [1.807, 2.05) is 0 Å². The Balaban J connectivity index is 3.51. The van der Waals surface area contributed by atoms with Gasteiger partial charge >= 0.3 is 195 Å². The first-order valence-electron chi connectivity index (χ1n) is 13.1. The van der Waals surface area contributed by atoms with Crippen LogP contribution in [-0.2, 0) is 4.43 Å². The van der Waals surface area contributed by atoms with E-state index in [0.29, 0.717) is 3.93 Å². The molecule has 0 aromatic carbocycles. The van der Waals surface area contributed by atoms with Gasteiger partial charge in [-0.1, -0.05) is 0 Å². The molecular formula is C26H54O2SiSn. The number of allylic oxidation sites excluding steroid dienone is 1. The van der Waals surface area contributed by atoms with Crippen LogP contribution >= 0.6 is 0 Å². The summed E-state index contributed by atoms with van der Waals surface area (Å²) in [5.41, 5.74) is 1.27. The van der Waals surface area contributed by atoms with E-state index in [-0.39, 0.29) is 11.6 Å². The molecule has 2 nitrogen and oxygen atoms in total. The second-order valence-corrected chi connectivity index (χ2v) is 30.2. The molecule has 1 aliphatic rings. The maximum atomic E-state index is 10.4. The average Bonchev–Trinajstić information content (AvgIpc) is 2.89. The van der Waals surface area contributed by atoms with Crippen LogP contribution in [0.3, 0.4) is 0 Å². The van der Waals surface area contributed by atoms with Crippen molar-refractivity contribution in [2.75, 3.05) is 6.61 Å². The summed E-state index contributed by atoms with van der Waals surface area (Å²) in [5, 5.41) is 10.6. The molecule has 0 amide bonds. The Morgan fingerprint density at radius 1 is 0.933 bits per heavy atom. The molecule has 178 valence electrons. The summed E-state index contributed by atoms with van der Waals surface area (Å²) in [6.45, 7) is 19.2. The molecule has 0 saturated carbocycles. The van der Waals surface area contributed by atoms with E-state index in [2.05, 4.69) is 54.6 Å². The number of aliphatic hydroxyl groups is 1. The van der Waals surface area contributed by atoms with Crippen LogP contribution < -0.4 is 0 Å². The Hall–Kier alpha value is 0.516. The summed E-state index contributed by atoms with van der Waals surface area (Å²) >= 11 is -2.50. The quantitative estimate of drug-likeness (QED) is 0.234. The summed E-state index contributed by atoms with van der Waals surface area (Å²) in [7, 11) is -1.92. The molecular weight excluding hydrogens is 491 g/mol. The predicted octanol–water partition coefficient (Wildman–Crippen LogP) is 9.05. The second kappa shape index (κ2) is 13.3. The maximum absolute atomic E-state index is 10.4. The van der Waals surface area contributed by atoms with Crippen LogP contribution in [0, 0.1) is 0 Å². The van der Waals surface area contributed by atoms with Crippen molar-refractivity contribution in [2.45, 2.75) is 141 Å². The minimum absolute atomic E-state index is 0.200. The third-order valence-electron chi connectivity index (χ3n) is 8.07. The number of hydrogen-bond donors (Lipinski definition) is 1. The summed E-state index contributed by atoms with van der Waals surface area (Å²) in [6.07, 6.45) is 13.1. The topological polar surface area (TPSA) is 29.5 Å². The molecule has 0 saturated heterocycles. The van der Waals surface area contributed by atoms with Crippen molar-refractivity contribution in [1.82, 2.24) is 0 Å². The molecule has 1 unspecified atom stereocenters. The van der Waals surface area contributed by atoms with Crippen molar-refractivity contribution in [2.24, 2.45) is 0 Å². The number of hydrogen-bond acceptors (Lipinski definition) is 2. The van der Waals surface area contributed by atoms with Gasteiger partial charge in [0.25, 0.3) is 0 Å². The van der Waals surface area contributed by atoms with Gasteiger partial charge in [-0.15, -0.1) is 0 Å². The molecule has 0 heterocycles. The number of aliphatic hydroxyl groups excluding tert-OH is 1. The zero-order valence-corrected chi connectivity index (χ0v) is 25.7. The first-order valence-corrected chi connectivity index (χ1v) is 23.7. The van der Waals surface area contributed by atoms with E-state index in [9.17, 15) is 5.11 Å². The van der Waals surface area contributed by atoms with Crippen LogP contribution in [0.2, 0.25) is 35.4 Å². The van der Waals surface area contributed by atoms with E-state index in [4.69, 9.17) is 4.43 Å². The van der Waals surface area contributed by atoms with E-state index in [1.54, 1.807) is 0 Å². The molecule has 0 aromatic rings. The predicted molar refractivity (Wildman–Crippen MR) is 140 cm³/mol. The second-order valence-electron chi connectivity index (χ2n) is 11.5. The summed E-state index contributed by atoms with van der Waals surface area (Å²) < 4.78 is 12.5. The number of unbranched alkanes of at least 4 members (excludes halogenated alkanes) is 3. The van der Waals surface area contributed by atoms with Crippen molar-refractivity contribution >= 4 is 26.7 Å². The molecule has 1 aliphatic carbocycles. The molecule has 0 aromatic heterocycles. The molecule has 1 N–H and O–H groups in total. The summed E-state index contributed by atoms with van der Waals surface area (Å²) in [5.74, 6) is 1.33. The first-order chi connectivity index (χ1) is 14.1. The molecule has 0 spiro atoms. The van der Waals surface area contributed by atoms with Crippen molar-refractivity contribution in [1.29, 1.82) is 0 Å². The Labute approximate surface area is 194 Å².